The highest BCUT2D eigenvalue weighted by Gasteiger charge is 2.32. The average Bonchev–Trinajstić information content (AvgIpc) is 2.61. The molecule has 1 N–H and O–H groups in total. The van der Waals surface area contributed by atoms with Crippen LogP contribution in [-0.2, 0) is 11.0 Å². The molecule has 0 spiro atoms. The highest BCUT2D eigenvalue weighted by atomic mass is 35.5. The van der Waals surface area contributed by atoms with Gasteiger partial charge in [-0.2, -0.15) is 13.2 Å². The molecule has 25 heavy (non-hydrogen) atoms. The van der Waals surface area contributed by atoms with Gasteiger partial charge in [0.15, 0.2) is 0 Å². The summed E-state index contributed by atoms with van der Waals surface area (Å²) in [6.45, 7) is 3.82. The van der Waals surface area contributed by atoms with E-state index in [0.717, 1.165) is 38.3 Å². The molecular formula is C15H21ClF3N5O. The Balaban J connectivity index is 0.00000225. The zero-order valence-electron chi connectivity index (χ0n) is 13.6. The van der Waals surface area contributed by atoms with Crippen LogP contribution in [0, 0.1) is 5.92 Å². The molecule has 10 heteroatoms. The molecule has 6 nitrogen and oxygen atoms in total. The third-order valence-corrected chi connectivity index (χ3v) is 4.49. The van der Waals surface area contributed by atoms with Crippen molar-refractivity contribution in [2.24, 2.45) is 5.92 Å². The minimum Gasteiger partial charge on any atom is -0.339 e. The van der Waals surface area contributed by atoms with Crippen molar-refractivity contribution < 1.29 is 18.0 Å². The maximum Gasteiger partial charge on any atom is 0.419 e. The number of hydrogen-bond acceptors (Lipinski definition) is 5. The Hall–Kier alpha value is -1.61. The molecule has 1 atom stereocenters. The maximum atomic E-state index is 12.5. The molecule has 0 saturated carbocycles. The van der Waals surface area contributed by atoms with Crippen LogP contribution in [0.3, 0.4) is 0 Å². The lowest BCUT2D eigenvalue weighted by Crippen LogP contribution is -2.52. The number of rotatable bonds is 2. The van der Waals surface area contributed by atoms with Crippen LogP contribution in [-0.4, -0.2) is 60.0 Å². The van der Waals surface area contributed by atoms with Crippen molar-refractivity contribution in [2.75, 3.05) is 44.2 Å². The van der Waals surface area contributed by atoms with Crippen molar-refractivity contribution in [3.8, 4) is 0 Å². The largest absolute Gasteiger partial charge is 0.419 e. The molecule has 0 aliphatic carbocycles. The summed E-state index contributed by atoms with van der Waals surface area (Å²) in [5.74, 6) is 0.470. The summed E-state index contributed by atoms with van der Waals surface area (Å²) in [6.07, 6.45) is -0.914. The molecule has 2 aliphatic heterocycles. The van der Waals surface area contributed by atoms with Gasteiger partial charge in [0.25, 0.3) is 0 Å². The van der Waals surface area contributed by atoms with E-state index in [4.69, 9.17) is 0 Å². The van der Waals surface area contributed by atoms with Crippen LogP contribution in [0.2, 0.25) is 0 Å². The summed E-state index contributed by atoms with van der Waals surface area (Å²) < 4.78 is 37.6. The summed E-state index contributed by atoms with van der Waals surface area (Å²) in [6, 6.07) is 0. The van der Waals surface area contributed by atoms with Gasteiger partial charge < -0.3 is 15.1 Å². The number of nitrogens with one attached hydrogen (secondary N) is 1. The number of carbonyl (C=O) groups excluding carboxylic acids is 1. The van der Waals surface area contributed by atoms with E-state index in [2.05, 4.69) is 15.3 Å². The quantitative estimate of drug-likeness (QED) is 0.845. The number of alkyl halides is 3. The Bertz CT molecular complexity index is 570. The summed E-state index contributed by atoms with van der Waals surface area (Å²) in [5, 5.41) is 3.24. The zero-order chi connectivity index (χ0) is 17.2. The third kappa shape index (κ3) is 4.72. The fraction of sp³-hybridized carbons (Fsp3) is 0.667. The molecule has 140 valence electrons. The fourth-order valence-electron chi connectivity index (χ4n) is 3.08. The Morgan fingerprint density at radius 1 is 1.16 bits per heavy atom. The number of nitrogens with zero attached hydrogens (tertiary/aromatic N) is 4. The first-order valence-corrected chi connectivity index (χ1v) is 8.09. The minimum absolute atomic E-state index is 0. The molecule has 0 aromatic carbocycles. The van der Waals surface area contributed by atoms with Gasteiger partial charge in [0.1, 0.15) is 0 Å². The van der Waals surface area contributed by atoms with Crippen molar-refractivity contribution in [3.05, 3.63) is 18.0 Å². The van der Waals surface area contributed by atoms with E-state index in [0.29, 0.717) is 26.2 Å². The number of piperazine rings is 1. The highest BCUT2D eigenvalue weighted by Crippen LogP contribution is 2.28. The standard InChI is InChI=1S/C15H20F3N5O.ClH/c16-15(17,18)12-9-20-14(21-10-12)23-6-4-22(5-7-23)13(24)11-2-1-3-19-8-11;/h9-11,19H,1-8H2;1H. The summed E-state index contributed by atoms with van der Waals surface area (Å²) in [7, 11) is 0. The number of amides is 1. The SMILES string of the molecule is Cl.O=C(C1CCCNC1)N1CCN(c2ncc(C(F)(F)F)cn2)CC1. The number of aromatic nitrogens is 2. The Morgan fingerprint density at radius 3 is 2.32 bits per heavy atom. The molecule has 1 aromatic heterocycles. The van der Waals surface area contributed by atoms with E-state index in [1.807, 2.05) is 9.80 Å². The van der Waals surface area contributed by atoms with Crippen LogP contribution < -0.4 is 10.2 Å². The molecule has 0 bridgehead atoms. The minimum atomic E-state index is -4.43. The molecule has 1 aromatic rings. The van der Waals surface area contributed by atoms with E-state index >= 15 is 0 Å². The second kappa shape index (κ2) is 8.18. The fourth-order valence-corrected chi connectivity index (χ4v) is 3.08. The van der Waals surface area contributed by atoms with Crippen LogP contribution in [0.15, 0.2) is 12.4 Å². The molecule has 2 saturated heterocycles. The Kier molecular flexibility index (Phi) is 6.45. The number of anilines is 1. The van der Waals surface area contributed by atoms with Crippen LogP contribution in [0.1, 0.15) is 18.4 Å². The summed E-state index contributed by atoms with van der Waals surface area (Å²) in [5.41, 5.74) is -0.857. The first-order chi connectivity index (χ1) is 11.4. The van der Waals surface area contributed by atoms with Crippen LogP contribution >= 0.6 is 12.4 Å². The van der Waals surface area contributed by atoms with Crippen molar-refractivity contribution in [3.63, 3.8) is 0 Å². The predicted molar refractivity (Wildman–Crippen MR) is 88.7 cm³/mol. The third-order valence-electron chi connectivity index (χ3n) is 4.49. The second-order valence-corrected chi connectivity index (χ2v) is 6.13. The normalized spacial score (nSPS) is 21.6. The highest BCUT2D eigenvalue weighted by molar-refractivity contribution is 5.85. The van der Waals surface area contributed by atoms with E-state index in [9.17, 15) is 18.0 Å². The van der Waals surface area contributed by atoms with Crippen LogP contribution in [0.5, 0.6) is 0 Å². The molecular weight excluding hydrogens is 359 g/mol. The number of hydrogen-bond donors (Lipinski definition) is 1. The Morgan fingerprint density at radius 2 is 1.80 bits per heavy atom. The molecule has 3 rings (SSSR count). The molecule has 0 radical (unpaired) electrons. The number of carbonyl (C=O) groups is 1. The lowest BCUT2D eigenvalue weighted by molar-refractivity contribution is -0.138. The monoisotopic (exact) mass is 379 g/mol. The van der Waals surface area contributed by atoms with Crippen molar-refractivity contribution >= 4 is 24.3 Å². The van der Waals surface area contributed by atoms with Crippen LogP contribution in [0.25, 0.3) is 0 Å². The van der Waals surface area contributed by atoms with Gasteiger partial charge in [-0.15, -0.1) is 12.4 Å². The molecule has 3 heterocycles. The summed E-state index contributed by atoms with van der Waals surface area (Å²) in [4.78, 5) is 23.7. The zero-order valence-corrected chi connectivity index (χ0v) is 14.4. The molecule has 1 amide bonds. The predicted octanol–water partition coefficient (Wildman–Crippen LogP) is 1.57. The lowest BCUT2D eigenvalue weighted by atomic mass is 9.98. The van der Waals surface area contributed by atoms with Gasteiger partial charge >= 0.3 is 6.18 Å². The van der Waals surface area contributed by atoms with Gasteiger partial charge in [-0.25, -0.2) is 9.97 Å². The van der Waals surface area contributed by atoms with Gasteiger partial charge in [0.05, 0.1) is 11.5 Å². The van der Waals surface area contributed by atoms with Crippen molar-refractivity contribution in [1.82, 2.24) is 20.2 Å². The smallest absolute Gasteiger partial charge is 0.339 e. The van der Waals surface area contributed by atoms with Gasteiger partial charge in [0.2, 0.25) is 11.9 Å². The topological polar surface area (TPSA) is 61.4 Å². The molecule has 2 aliphatic rings. The number of halogens is 4. The van der Waals surface area contributed by atoms with Gasteiger partial charge in [-0.05, 0) is 19.4 Å². The van der Waals surface area contributed by atoms with E-state index < -0.39 is 11.7 Å². The van der Waals surface area contributed by atoms with Crippen molar-refractivity contribution in [2.45, 2.75) is 19.0 Å². The van der Waals surface area contributed by atoms with Gasteiger partial charge in [-0.3, -0.25) is 4.79 Å². The second-order valence-electron chi connectivity index (χ2n) is 6.13. The maximum absolute atomic E-state index is 12.5. The first kappa shape index (κ1) is 19.7. The van der Waals surface area contributed by atoms with Gasteiger partial charge in [-0.1, -0.05) is 0 Å². The number of piperidine rings is 1. The van der Waals surface area contributed by atoms with Gasteiger partial charge in [0, 0.05) is 45.1 Å². The van der Waals surface area contributed by atoms with Crippen molar-refractivity contribution in [1.29, 1.82) is 0 Å². The lowest BCUT2D eigenvalue weighted by Gasteiger charge is -2.37. The Labute approximate surface area is 150 Å². The molecule has 2 fully saturated rings. The average molecular weight is 380 g/mol. The summed E-state index contributed by atoms with van der Waals surface area (Å²) >= 11 is 0. The van der Waals surface area contributed by atoms with E-state index in [1.54, 1.807) is 0 Å². The van der Waals surface area contributed by atoms with E-state index in [-0.39, 0.29) is 30.2 Å². The van der Waals surface area contributed by atoms with E-state index in [1.165, 1.54) is 0 Å². The van der Waals surface area contributed by atoms with Crippen LogP contribution in [0.4, 0.5) is 19.1 Å². The molecule has 1 unspecified atom stereocenters. The first-order valence-electron chi connectivity index (χ1n) is 8.09.